The molecule has 3 rings (SSSR count). The maximum atomic E-state index is 12.8. The fourth-order valence-corrected chi connectivity index (χ4v) is 3.39. The predicted molar refractivity (Wildman–Crippen MR) is 86.3 cm³/mol. The van der Waals surface area contributed by atoms with E-state index in [1.165, 1.54) is 22.2 Å². The molecule has 0 aliphatic rings. The fourth-order valence-electron chi connectivity index (χ4n) is 2.49. The molecular formula is C16H14N2O3S. The van der Waals surface area contributed by atoms with Crippen LogP contribution in [0, 0.1) is 0 Å². The smallest absolute Gasteiger partial charge is 0.326 e. The van der Waals surface area contributed by atoms with Crippen molar-refractivity contribution in [3.05, 3.63) is 52.4 Å². The largest absolute Gasteiger partial charge is 0.480 e. The Kier molecular flexibility index (Phi) is 3.77. The van der Waals surface area contributed by atoms with Crippen LogP contribution in [-0.2, 0) is 4.79 Å². The van der Waals surface area contributed by atoms with Crippen molar-refractivity contribution in [2.24, 2.45) is 0 Å². The van der Waals surface area contributed by atoms with Crippen molar-refractivity contribution in [1.29, 1.82) is 0 Å². The Hall–Kier alpha value is -2.47. The highest BCUT2D eigenvalue weighted by Gasteiger charge is 2.21. The molecule has 0 radical (unpaired) electrons. The van der Waals surface area contributed by atoms with E-state index in [4.69, 9.17) is 0 Å². The van der Waals surface area contributed by atoms with Gasteiger partial charge in [-0.3, -0.25) is 9.36 Å². The predicted octanol–water partition coefficient (Wildman–Crippen LogP) is 3.16. The van der Waals surface area contributed by atoms with Crippen molar-refractivity contribution in [3.63, 3.8) is 0 Å². The lowest BCUT2D eigenvalue weighted by atomic mass is 10.1. The van der Waals surface area contributed by atoms with Gasteiger partial charge in [0.1, 0.15) is 10.9 Å². The molecule has 2 heterocycles. The van der Waals surface area contributed by atoms with Gasteiger partial charge in [-0.1, -0.05) is 37.3 Å². The Morgan fingerprint density at radius 3 is 2.73 bits per heavy atom. The lowest BCUT2D eigenvalue weighted by Crippen LogP contribution is -2.29. The number of rotatable bonds is 4. The van der Waals surface area contributed by atoms with Crippen LogP contribution in [0.2, 0.25) is 0 Å². The second kappa shape index (κ2) is 5.73. The Balaban J connectivity index is 2.27. The van der Waals surface area contributed by atoms with E-state index in [9.17, 15) is 14.7 Å². The summed E-state index contributed by atoms with van der Waals surface area (Å²) in [4.78, 5) is 29.0. The molecule has 0 aliphatic carbocycles. The minimum atomic E-state index is -1.03. The Morgan fingerprint density at radius 2 is 2.09 bits per heavy atom. The fraction of sp³-hybridized carbons (Fsp3) is 0.188. The van der Waals surface area contributed by atoms with Crippen molar-refractivity contribution in [2.45, 2.75) is 19.4 Å². The molecule has 1 atom stereocenters. The molecule has 0 aliphatic heterocycles. The first-order valence-electron chi connectivity index (χ1n) is 6.90. The first-order valence-corrected chi connectivity index (χ1v) is 7.78. The molecule has 1 unspecified atom stereocenters. The van der Waals surface area contributed by atoms with Gasteiger partial charge in [-0.25, -0.2) is 9.78 Å². The Labute approximate surface area is 130 Å². The zero-order chi connectivity index (χ0) is 15.7. The summed E-state index contributed by atoms with van der Waals surface area (Å²) in [5.74, 6) is -1.03. The second-order valence-corrected chi connectivity index (χ2v) is 5.77. The molecule has 0 amide bonds. The van der Waals surface area contributed by atoms with Crippen molar-refractivity contribution in [2.75, 3.05) is 0 Å². The third kappa shape index (κ3) is 2.31. The quantitative estimate of drug-likeness (QED) is 0.803. The number of carboxylic acid groups (broad SMARTS) is 1. The molecule has 0 saturated carbocycles. The van der Waals surface area contributed by atoms with Gasteiger partial charge in [0.25, 0.3) is 5.56 Å². The van der Waals surface area contributed by atoms with E-state index in [-0.39, 0.29) is 5.56 Å². The van der Waals surface area contributed by atoms with Crippen LogP contribution in [0.15, 0.2) is 46.8 Å². The molecule has 6 heteroatoms. The molecule has 0 bridgehead atoms. The van der Waals surface area contributed by atoms with Gasteiger partial charge in [-0.2, -0.15) is 0 Å². The second-order valence-electron chi connectivity index (χ2n) is 4.91. The summed E-state index contributed by atoms with van der Waals surface area (Å²) in [6, 6.07) is 8.67. The number of hydrogen-bond acceptors (Lipinski definition) is 4. The van der Waals surface area contributed by atoms with E-state index >= 15 is 0 Å². The number of fused-ring (bicyclic) bond motifs is 1. The van der Waals surface area contributed by atoms with Crippen LogP contribution in [-0.4, -0.2) is 20.6 Å². The summed E-state index contributed by atoms with van der Waals surface area (Å²) < 4.78 is 1.21. The van der Waals surface area contributed by atoms with Gasteiger partial charge in [-0.05, 0) is 12.0 Å². The van der Waals surface area contributed by atoms with Crippen LogP contribution < -0.4 is 5.56 Å². The number of aliphatic carboxylic acids is 1. The molecular weight excluding hydrogens is 300 g/mol. The monoisotopic (exact) mass is 314 g/mol. The molecule has 22 heavy (non-hydrogen) atoms. The van der Waals surface area contributed by atoms with Crippen LogP contribution in [0.1, 0.15) is 19.4 Å². The van der Waals surface area contributed by atoms with Gasteiger partial charge in [0.2, 0.25) is 0 Å². The minimum absolute atomic E-state index is 0.306. The first-order chi connectivity index (χ1) is 10.6. The highest BCUT2D eigenvalue weighted by atomic mass is 32.1. The number of thiophene rings is 1. The van der Waals surface area contributed by atoms with Crippen molar-refractivity contribution < 1.29 is 9.90 Å². The van der Waals surface area contributed by atoms with Crippen LogP contribution in [0.3, 0.4) is 0 Å². The number of carboxylic acids is 1. The molecule has 112 valence electrons. The van der Waals surface area contributed by atoms with E-state index in [2.05, 4.69) is 4.98 Å². The summed E-state index contributed by atoms with van der Waals surface area (Å²) in [6.07, 6.45) is 1.66. The standard InChI is InChI=1S/C16H14N2O3S/c1-2-12(16(20)21)18-9-17-14-13(15(18)19)11(8-22-14)10-6-4-3-5-7-10/h3-9,12H,2H2,1H3,(H,20,21). The molecule has 5 nitrogen and oxygen atoms in total. The third-order valence-corrected chi connectivity index (χ3v) is 4.50. The van der Waals surface area contributed by atoms with Gasteiger partial charge >= 0.3 is 5.97 Å². The van der Waals surface area contributed by atoms with E-state index in [1.54, 1.807) is 6.92 Å². The van der Waals surface area contributed by atoms with Crippen molar-refractivity contribution in [3.8, 4) is 11.1 Å². The number of nitrogens with zero attached hydrogens (tertiary/aromatic N) is 2. The molecule has 1 aromatic carbocycles. The van der Waals surface area contributed by atoms with Crippen LogP contribution in [0.5, 0.6) is 0 Å². The highest BCUT2D eigenvalue weighted by Crippen LogP contribution is 2.30. The maximum Gasteiger partial charge on any atom is 0.326 e. The average molecular weight is 314 g/mol. The van der Waals surface area contributed by atoms with Crippen molar-refractivity contribution in [1.82, 2.24) is 9.55 Å². The molecule has 0 saturated heterocycles. The van der Waals surface area contributed by atoms with Gasteiger partial charge in [0.05, 0.1) is 11.7 Å². The highest BCUT2D eigenvalue weighted by molar-refractivity contribution is 7.17. The number of benzene rings is 1. The Bertz CT molecular complexity index is 883. The van der Waals surface area contributed by atoms with Gasteiger partial charge in [0.15, 0.2) is 0 Å². The van der Waals surface area contributed by atoms with Crippen LogP contribution in [0.4, 0.5) is 0 Å². The summed E-state index contributed by atoms with van der Waals surface area (Å²) in [5.41, 5.74) is 1.42. The zero-order valence-electron chi connectivity index (χ0n) is 11.9. The Morgan fingerprint density at radius 1 is 1.36 bits per heavy atom. The van der Waals surface area contributed by atoms with E-state index in [1.807, 2.05) is 35.7 Å². The van der Waals surface area contributed by atoms with Gasteiger partial charge in [-0.15, -0.1) is 11.3 Å². The molecule has 0 spiro atoms. The van der Waals surface area contributed by atoms with Gasteiger partial charge < -0.3 is 5.11 Å². The lowest BCUT2D eigenvalue weighted by Gasteiger charge is -2.13. The third-order valence-electron chi connectivity index (χ3n) is 3.61. The molecule has 2 aromatic heterocycles. The number of aromatic nitrogens is 2. The first kappa shape index (κ1) is 14.5. The molecule has 1 N–H and O–H groups in total. The van der Waals surface area contributed by atoms with Crippen molar-refractivity contribution >= 4 is 27.5 Å². The number of carbonyl (C=O) groups is 1. The van der Waals surface area contributed by atoms with Gasteiger partial charge in [0, 0.05) is 10.9 Å². The van der Waals surface area contributed by atoms with E-state index < -0.39 is 12.0 Å². The molecule has 0 fully saturated rings. The topological polar surface area (TPSA) is 72.2 Å². The van der Waals surface area contributed by atoms with Crippen LogP contribution in [0.25, 0.3) is 21.3 Å². The normalized spacial score (nSPS) is 12.4. The van der Waals surface area contributed by atoms with E-state index in [0.29, 0.717) is 16.6 Å². The van der Waals surface area contributed by atoms with Crippen LogP contribution >= 0.6 is 11.3 Å². The van der Waals surface area contributed by atoms with E-state index in [0.717, 1.165) is 11.1 Å². The summed E-state index contributed by atoms with van der Waals surface area (Å²) >= 11 is 1.39. The molecule has 3 aromatic rings. The number of hydrogen-bond donors (Lipinski definition) is 1. The lowest BCUT2D eigenvalue weighted by molar-refractivity contribution is -0.141. The minimum Gasteiger partial charge on any atom is -0.480 e. The zero-order valence-corrected chi connectivity index (χ0v) is 12.7. The summed E-state index contributed by atoms with van der Waals surface area (Å²) in [7, 11) is 0. The summed E-state index contributed by atoms with van der Waals surface area (Å²) in [6.45, 7) is 1.74. The average Bonchev–Trinajstić information content (AvgIpc) is 2.95. The summed E-state index contributed by atoms with van der Waals surface area (Å²) in [5, 5.41) is 11.6. The maximum absolute atomic E-state index is 12.8. The SMILES string of the molecule is CCC(C(=O)O)n1cnc2scc(-c3ccccc3)c2c1=O.